The average molecular weight is 314 g/mol. The Kier molecular flexibility index (Phi) is 4.55. The van der Waals surface area contributed by atoms with E-state index in [1.165, 1.54) is 0 Å². The number of nitrogens with zero attached hydrogens (tertiary/aromatic N) is 1. The Morgan fingerprint density at radius 3 is 2.50 bits per heavy atom. The van der Waals surface area contributed by atoms with E-state index in [4.69, 9.17) is 0 Å². The van der Waals surface area contributed by atoms with Crippen LogP contribution in [0.25, 0.3) is 16.8 Å². The normalized spacial score (nSPS) is 13.5. The molecule has 3 rings (SSSR count). The lowest BCUT2D eigenvalue weighted by Gasteiger charge is -2.30. The fourth-order valence-corrected chi connectivity index (χ4v) is 3.10. The summed E-state index contributed by atoms with van der Waals surface area (Å²) in [5.74, 6) is 0.162. The molecule has 0 heterocycles. The van der Waals surface area contributed by atoms with Crippen molar-refractivity contribution in [2.75, 3.05) is 27.2 Å². The van der Waals surface area contributed by atoms with Gasteiger partial charge in [0.25, 0.3) is 0 Å². The van der Waals surface area contributed by atoms with E-state index in [1.807, 2.05) is 18.2 Å². The Balaban J connectivity index is 0.00000176. The number of halogens is 1. The van der Waals surface area contributed by atoms with Gasteiger partial charge in [-0.05, 0) is 23.1 Å². The van der Waals surface area contributed by atoms with Gasteiger partial charge in [-0.2, -0.15) is 0 Å². The van der Waals surface area contributed by atoms with Crippen LogP contribution in [0.3, 0.4) is 0 Å². The van der Waals surface area contributed by atoms with Crippen molar-refractivity contribution in [3.8, 4) is 0 Å². The summed E-state index contributed by atoms with van der Waals surface area (Å²) in [5, 5.41) is 2.22. The summed E-state index contributed by atoms with van der Waals surface area (Å²) in [7, 11) is 4.24. The van der Waals surface area contributed by atoms with E-state index in [-0.39, 0.29) is 18.2 Å². The first-order valence-electron chi connectivity index (χ1n) is 7.22. The average Bonchev–Trinajstić information content (AvgIpc) is 2.44. The zero-order chi connectivity index (χ0) is 15.0. The number of benzene rings is 2. The molecule has 0 fully saturated rings. The minimum Gasteiger partial charge on any atom is -1.00 e. The second-order valence-electron chi connectivity index (χ2n) is 6.31. The summed E-state index contributed by atoms with van der Waals surface area (Å²) in [6.45, 7) is 5.37. The third-order valence-electron chi connectivity index (χ3n) is 4.02. The van der Waals surface area contributed by atoms with Crippen molar-refractivity contribution < 1.29 is 21.7 Å². The highest BCUT2D eigenvalue weighted by Gasteiger charge is 2.26. The molecule has 114 valence electrons. The lowest BCUT2D eigenvalue weighted by molar-refractivity contribution is -0.879. The maximum atomic E-state index is 12.8. The topological polar surface area (TPSA) is 17.1 Å². The molecule has 0 aromatic heterocycles. The Bertz CT molecular complexity index is 769. The lowest BCUT2D eigenvalue weighted by atomic mass is 9.87. The molecule has 0 saturated carbocycles. The van der Waals surface area contributed by atoms with Gasteiger partial charge in [-0.3, -0.25) is 4.79 Å². The molecule has 22 heavy (non-hydrogen) atoms. The third-order valence-corrected chi connectivity index (χ3v) is 4.02. The van der Waals surface area contributed by atoms with Crippen molar-refractivity contribution in [1.82, 2.24) is 0 Å². The van der Waals surface area contributed by atoms with Crippen molar-refractivity contribution in [3.05, 3.63) is 65.8 Å². The van der Waals surface area contributed by atoms with Crippen molar-refractivity contribution in [3.63, 3.8) is 0 Å². The van der Waals surface area contributed by atoms with Crippen LogP contribution >= 0.6 is 0 Å². The van der Waals surface area contributed by atoms with Gasteiger partial charge in [-0.15, -0.1) is 0 Å². The van der Waals surface area contributed by atoms with Crippen LogP contribution in [0.4, 0.5) is 0 Å². The molecule has 2 aromatic carbocycles. The zero-order valence-electron chi connectivity index (χ0n) is 13.0. The molecule has 0 unspecified atom stereocenters. The van der Waals surface area contributed by atoms with Crippen LogP contribution in [-0.4, -0.2) is 37.5 Å². The van der Waals surface area contributed by atoms with Gasteiger partial charge in [0.1, 0.15) is 6.54 Å². The van der Waals surface area contributed by atoms with Crippen LogP contribution < -0.4 is 12.4 Å². The van der Waals surface area contributed by atoms with Crippen LogP contribution in [0.15, 0.2) is 54.6 Å². The van der Waals surface area contributed by atoms with Crippen molar-refractivity contribution in [2.45, 2.75) is 0 Å². The second-order valence-corrected chi connectivity index (χ2v) is 6.31. The Morgan fingerprint density at radius 2 is 1.82 bits per heavy atom. The largest absolute Gasteiger partial charge is 1.00 e. The zero-order valence-corrected chi connectivity index (χ0v) is 13.7. The van der Waals surface area contributed by atoms with Gasteiger partial charge in [0.15, 0.2) is 5.78 Å². The first-order valence-corrected chi connectivity index (χ1v) is 7.22. The summed E-state index contributed by atoms with van der Waals surface area (Å²) in [5.41, 5.74) is 2.86. The minimum atomic E-state index is 0. The molecular formula is C19H20ClNO. The van der Waals surface area contributed by atoms with E-state index in [1.54, 1.807) is 0 Å². The van der Waals surface area contributed by atoms with E-state index < -0.39 is 0 Å². The van der Waals surface area contributed by atoms with Gasteiger partial charge >= 0.3 is 0 Å². The van der Waals surface area contributed by atoms with E-state index >= 15 is 0 Å². The molecule has 0 N–H and O–H groups in total. The molecule has 0 bridgehead atoms. The smallest absolute Gasteiger partial charge is 0.195 e. The molecular weight excluding hydrogens is 294 g/mol. The monoisotopic (exact) mass is 313 g/mol. The standard InChI is InChI=1S/C19H20NO.ClH/c1-4-11-20(2,3)13-16-12-15-9-5-7-14-8-6-10-17(18(14)15)19(16)21;/h4-10,12H,1,11,13H2,2-3H3;1H/q+1;/p-1. The fourth-order valence-electron chi connectivity index (χ4n) is 3.10. The SMILES string of the molecule is C=CC[N+](C)(C)CC1=Cc2cccc3cccc(c23)C1=O.[Cl-]. The van der Waals surface area contributed by atoms with E-state index in [0.717, 1.165) is 45.0 Å². The highest BCUT2D eigenvalue weighted by atomic mass is 35.5. The van der Waals surface area contributed by atoms with Crippen molar-refractivity contribution in [2.24, 2.45) is 0 Å². The maximum Gasteiger partial charge on any atom is 0.195 e. The van der Waals surface area contributed by atoms with Gasteiger partial charge < -0.3 is 16.9 Å². The van der Waals surface area contributed by atoms with Crippen molar-refractivity contribution in [1.29, 1.82) is 0 Å². The molecule has 3 heteroatoms. The van der Waals surface area contributed by atoms with Gasteiger partial charge in [0.05, 0.1) is 26.2 Å². The number of likely N-dealkylation sites (N-methyl/N-ethyl adjacent to an activating group) is 1. The molecule has 1 aliphatic rings. The van der Waals surface area contributed by atoms with E-state index in [2.05, 4.69) is 51.0 Å². The molecule has 0 atom stereocenters. The Hall–Kier alpha value is -1.90. The molecule has 0 amide bonds. The first-order chi connectivity index (χ1) is 10.0. The molecule has 0 aliphatic heterocycles. The summed E-state index contributed by atoms with van der Waals surface area (Å²) >= 11 is 0. The third kappa shape index (κ3) is 2.85. The molecule has 0 radical (unpaired) electrons. The number of hydrogen-bond acceptors (Lipinski definition) is 1. The number of carbonyl (C=O) groups excluding carboxylic acids is 1. The molecule has 0 saturated heterocycles. The van der Waals surface area contributed by atoms with Gasteiger partial charge in [-0.25, -0.2) is 0 Å². The summed E-state index contributed by atoms with van der Waals surface area (Å²) in [6.07, 6.45) is 3.96. The van der Waals surface area contributed by atoms with Crippen LogP contribution in [-0.2, 0) is 0 Å². The molecule has 2 nitrogen and oxygen atoms in total. The number of quaternary nitrogens is 1. The van der Waals surface area contributed by atoms with E-state index in [0.29, 0.717) is 0 Å². The highest BCUT2D eigenvalue weighted by molar-refractivity contribution is 6.22. The molecule has 2 aromatic rings. The Labute approximate surface area is 137 Å². The molecule has 1 aliphatic carbocycles. The minimum absolute atomic E-state index is 0. The van der Waals surface area contributed by atoms with Gasteiger partial charge in [-0.1, -0.05) is 43.0 Å². The fraction of sp³-hybridized carbons (Fsp3) is 0.211. The van der Waals surface area contributed by atoms with Gasteiger partial charge in [0.2, 0.25) is 0 Å². The van der Waals surface area contributed by atoms with Gasteiger partial charge in [0, 0.05) is 10.9 Å². The quantitative estimate of drug-likeness (QED) is 0.599. The number of carbonyl (C=O) groups is 1. The number of hydrogen-bond donors (Lipinski definition) is 0. The number of rotatable bonds is 4. The van der Waals surface area contributed by atoms with Crippen LogP contribution in [0.5, 0.6) is 0 Å². The molecule has 0 spiro atoms. The Morgan fingerprint density at radius 1 is 1.14 bits per heavy atom. The van der Waals surface area contributed by atoms with Crippen molar-refractivity contribution >= 4 is 22.6 Å². The van der Waals surface area contributed by atoms with Crippen LogP contribution in [0.2, 0.25) is 0 Å². The lowest BCUT2D eigenvalue weighted by Crippen LogP contribution is -3.00. The number of Topliss-reactive ketones (excluding diaryl/α,β-unsaturated/α-hetero) is 1. The predicted octanol–water partition coefficient (Wildman–Crippen LogP) is 0.686. The summed E-state index contributed by atoms with van der Waals surface area (Å²) in [4.78, 5) is 12.8. The van der Waals surface area contributed by atoms with Crippen LogP contribution in [0.1, 0.15) is 15.9 Å². The summed E-state index contributed by atoms with van der Waals surface area (Å²) < 4.78 is 0.735. The number of ketones is 1. The van der Waals surface area contributed by atoms with E-state index in [9.17, 15) is 4.79 Å². The summed E-state index contributed by atoms with van der Waals surface area (Å²) in [6, 6.07) is 12.2. The second kappa shape index (κ2) is 6.07. The predicted molar refractivity (Wildman–Crippen MR) is 88.3 cm³/mol. The maximum absolute atomic E-state index is 12.8. The first kappa shape index (κ1) is 16.5. The van der Waals surface area contributed by atoms with Crippen LogP contribution in [0, 0.1) is 0 Å². The highest BCUT2D eigenvalue weighted by Crippen LogP contribution is 2.31.